The topological polar surface area (TPSA) is 49.0 Å². The molecule has 1 fully saturated rings. The quantitative estimate of drug-likeness (QED) is 0.926. The highest BCUT2D eigenvalue weighted by atomic mass is 35.5. The molecule has 0 amide bonds. The number of halogens is 1. The van der Waals surface area contributed by atoms with Gasteiger partial charge < -0.3 is 24.3 Å². The van der Waals surface area contributed by atoms with Gasteiger partial charge in [-0.15, -0.1) is 0 Å². The Bertz CT molecular complexity index is 468. The van der Waals surface area contributed by atoms with Crippen LogP contribution in [0.25, 0.3) is 0 Å². The molecule has 0 spiro atoms. The van der Waals surface area contributed by atoms with Gasteiger partial charge in [0.1, 0.15) is 11.5 Å². The van der Waals surface area contributed by atoms with Gasteiger partial charge in [-0.2, -0.15) is 0 Å². The van der Waals surface area contributed by atoms with Gasteiger partial charge in [0.25, 0.3) is 0 Å². The fourth-order valence-corrected chi connectivity index (χ4v) is 2.21. The largest absolute Gasteiger partial charge is 0.495 e. The van der Waals surface area contributed by atoms with E-state index >= 15 is 0 Å². The molecule has 112 valence electrons. The van der Waals surface area contributed by atoms with E-state index in [-0.39, 0.29) is 6.04 Å². The lowest BCUT2D eigenvalue weighted by Gasteiger charge is -2.35. The highest BCUT2D eigenvalue weighted by Crippen LogP contribution is 2.36. The normalized spacial score (nSPS) is 18.6. The molecular weight excluding hydrogens is 282 g/mol. The molecule has 2 rings (SSSR count). The van der Waals surface area contributed by atoms with Crippen molar-refractivity contribution < 1.29 is 18.9 Å². The third-order valence-corrected chi connectivity index (χ3v) is 3.39. The second-order valence-electron chi connectivity index (χ2n) is 5.05. The third-order valence-electron chi connectivity index (χ3n) is 3.10. The van der Waals surface area contributed by atoms with Crippen molar-refractivity contribution in [3.8, 4) is 11.5 Å². The average molecular weight is 302 g/mol. The highest BCUT2D eigenvalue weighted by molar-refractivity contribution is 6.32. The van der Waals surface area contributed by atoms with Gasteiger partial charge >= 0.3 is 0 Å². The number of benzene rings is 1. The Morgan fingerprint density at radius 1 is 1.15 bits per heavy atom. The Morgan fingerprint density at radius 2 is 1.75 bits per heavy atom. The van der Waals surface area contributed by atoms with Gasteiger partial charge in [0, 0.05) is 6.07 Å². The molecule has 1 aliphatic rings. The van der Waals surface area contributed by atoms with Crippen molar-refractivity contribution in [2.45, 2.75) is 25.7 Å². The molecule has 1 aromatic rings. The fraction of sp³-hybridized carbons (Fsp3) is 0.571. The summed E-state index contributed by atoms with van der Waals surface area (Å²) in [5.41, 5.74) is 0.787. The van der Waals surface area contributed by atoms with E-state index in [1.165, 1.54) is 0 Å². The predicted octanol–water partition coefficient (Wildman–Crippen LogP) is 2.92. The molecular formula is C14H20ClNO4. The van der Waals surface area contributed by atoms with Gasteiger partial charge in [-0.05, 0) is 19.9 Å². The van der Waals surface area contributed by atoms with Gasteiger partial charge in [0.2, 0.25) is 0 Å². The van der Waals surface area contributed by atoms with Crippen LogP contribution in [0, 0.1) is 0 Å². The van der Waals surface area contributed by atoms with Crippen LogP contribution in [0.4, 0.5) is 5.69 Å². The SMILES string of the molecule is COc1cc(OC)c(NC2COC(C)(C)OC2)cc1Cl. The van der Waals surface area contributed by atoms with Crippen molar-refractivity contribution in [1.82, 2.24) is 0 Å². The zero-order valence-corrected chi connectivity index (χ0v) is 12.9. The Labute approximate surface area is 124 Å². The van der Waals surface area contributed by atoms with E-state index in [0.717, 1.165) is 5.69 Å². The van der Waals surface area contributed by atoms with E-state index in [9.17, 15) is 0 Å². The predicted molar refractivity (Wildman–Crippen MR) is 77.9 cm³/mol. The summed E-state index contributed by atoms with van der Waals surface area (Å²) in [6.07, 6.45) is 0. The van der Waals surface area contributed by atoms with Gasteiger partial charge in [-0.1, -0.05) is 11.6 Å². The van der Waals surface area contributed by atoms with Crippen molar-refractivity contribution in [1.29, 1.82) is 0 Å². The Hall–Kier alpha value is -1.17. The molecule has 0 aromatic heterocycles. The van der Waals surface area contributed by atoms with Crippen LogP contribution in [-0.4, -0.2) is 39.3 Å². The summed E-state index contributed by atoms with van der Waals surface area (Å²) in [6, 6.07) is 3.57. The van der Waals surface area contributed by atoms with Crippen molar-refractivity contribution in [2.75, 3.05) is 32.8 Å². The number of anilines is 1. The molecule has 0 saturated carbocycles. The van der Waals surface area contributed by atoms with Gasteiger partial charge in [0.05, 0.1) is 44.2 Å². The number of ether oxygens (including phenoxy) is 4. The standard InChI is InChI=1S/C14H20ClNO4/c1-14(2)19-7-9(8-20-14)16-11-5-10(15)12(17-3)6-13(11)18-4/h5-6,9,16H,7-8H2,1-4H3. The molecule has 20 heavy (non-hydrogen) atoms. The molecule has 0 unspecified atom stereocenters. The molecule has 0 aliphatic carbocycles. The molecule has 5 nitrogen and oxygen atoms in total. The highest BCUT2D eigenvalue weighted by Gasteiger charge is 2.28. The summed E-state index contributed by atoms with van der Waals surface area (Å²) in [6.45, 7) is 4.90. The van der Waals surface area contributed by atoms with Crippen molar-refractivity contribution in [2.24, 2.45) is 0 Å². The molecule has 0 atom stereocenters. The van der Waals surface area contributed by atoms with E-state index in [1.807, 2.05) is 13.8 Å². The van der Waals surface area contributed by atoms with E-state index in [1.54, 1.807) is 26.4 Å². The van der Waals surface area contributed by atoms with Crippen LogP contribution in [0.5, 0.6) is 11.5 Å². The summed E-state index contributed by atoms with van der Waals surface area (Å²) < 4.78 is 21.7. The van der Waals surface area contributed by atoms with Gasteiger partial charge in [-0.3, -0.25) is 0 Å². The van der Waals surface area contributed by atoms with Crippen LogP contribution >= 0.6 is 11.6 Å². The molecule has 1 saturated heterocycles. The van der Waals surface area contributed by atoms with E-state index in [4.69, 9.17) is 30.5 Å². The van der Waals surface area contributed by atoms with Crippen LogP contribution < -0.4 is 14.8 Å². The van der Waals surface area contributed by atoms with Crippen molar-refractivity contribution in [3.05, 3.63) is 17.2 Å². The van der Waals surface area contributed by atoms with Crippen LogP contribution in [0.3, 0.4) is 0 Å². The molecule has 1 N–H and O–H groups in total. The van der Waals surface area contributed by atoms with Crippen LogP contribution in [0.15, 0.2) is 12.1 Å². The first kappa shape index (κ1) is 15.2. The van der Waals surface area contributed by atoms with Crippen LogP contribution in [-0.2, 0) is 9.47 Å². The summed E-state index contributed by atoms with van der Waals surface area (Å²) in [7, 11) is 3.17. The lowest BCUT2D eigenvalue weighted by molar-refractivity contribution is -0.247. The lowest BCUT2D eigenvalue weighted by atomic mass is 10.2. The van der Waals surface area contributed by atoms with E-state index < -0.39 is 5.79 Å². The number of hydrogen-bond acceptors (Lipinski definition) is 5. The number of nitrogens with one attached hydrogen (secondary N) is 1. The molecule has 1 heterocycles. The first-order valence-corrected chi connectivity index (χ1v) is 6.79. The number of methoxy groups -OCH3 is 2. The Balaban J connectivity index is 2.11. The van der Waals surface area contributed by atoms with Crippen LogP contribution in [0.1, 0.15) is 13.8 Å². The Kier molecular flexibility index (Phi) is 4.62. The molecule has 0 radical (unpaired) electrons. The summed E-state index contributed by atoms with van der Waals surface area (Å²) >= 11 is 6.14. The minimum atomic E-state index is -0.528. The zero-order valence-electron chi connectivity index (χ0n) is 12.2. The monoisotopic (exact) mass is 301 g/mol. The van der Waals surface area contributed by atoms with E-state index in [0.29, 0.717) is 29.7 Å². The third kappa shape index (κ3) is 3.48. The fourth-order valence-electron chi connectivity index (χ4n) is 1.97. The summed E-state index contributed by atoms with van der Waals surface area (Å²) in [4.78, 5) is 0. The average Bonchev–Trinajstić information content (AvgIpc) is 2.41. The maximum Gasteiger partial charge on any atom is 0.162 e. The summed E-state index contributed by atoms with van der Waals surface area (Å²) in [5, 5.41) is 3.84. The molecule has 1 aliphatic heterocycles. The zero-order chi connectivity index (χ0) is 14.8. The van der Waals surface area contributed by atoms with Gasteiger partial charge in [-0.25, -0.2) is 0 Å². The lowest BCUT2D eigenvalue weighted by Crippen LogP contribution is -2.45. The minimum absolute atomic E-state index is 0.0430. The van der Waals surface area contributed by atoms with Crippen LogP contribution in [0.2, 0.25) is 5.02 Å². The first-order chi connectivity index (χ1) is 9.45. The number of hydrogen-bond donors (Lipinski definition) is 1. The molecule has 6 heteroatoms. The van der Waals surface area contributed by atoms with Crippen molar-refractivity contribution >= 4 is 17.3 Å². The first-order valence-electron chi connectivity index (χ1n) is 6.41. The Morgan fingerprint density at radius 3 is 2.30 bits per heavy atom. The molecule has 1 aromatic carbocycles. The second kappa shape index (κ2) is 6.08. The van der Waals surface area contributed by atoms with E-state index in [2.05, 4.69) is 5.32 Å². The minimum Gasteiger partial charge on any atom is -0.495 e. The summed E-state index contributed by atoms with van der Waals surface area (Å²) in [5.74, 6) is 0.710. The maximum atomic E-state index is 6.14. The van der Waals surface area contributed by atoms with Gasteiger partial charge in [0.15, 0.2) is 5.79 Å². The number of rotatable bonds is 4. The second-order valence-corrected chi connectivity index (χ2v) is 5.46. The molecule has 0 bridgehead atoms. The van der Waals surface area contributed by atoms with Crippen molar-refractivity contribution in [3.63, 3.8) is 0 Å². The smallest absolute Gasteiger partial charge is 0.162 e. The maximum absolute atomic E-state index is 6.14.